The van der Waals surface area contributed by atoms with Gasteiger partial charge in [-0.3, -0.25) is 14.5 Å². The fourth-order valence-corrected chi connectivity index (χ4v) is 2.80. The van der Waals surface area contributed by atoms with Crippen molar-refractivity contribution in [1.82, 2.24) is 5.32 Å². The molecule has 21 heavy (non-hydrogen) atoms. The van der Waals surface area contributed by atoms with E-state index in [9.17, 15) is 9.59 Å². The minimum absolute atomic E-state index is 0.0684. The Balaban J connectivity index is 2.41. The monoisotopic (exact) mass is 308 g/mol. The third-order valence-corrected chi connectivity index (χ3v) is 3.99. The number of halogens is 1. The van der Waals surface area contributed by atoms with Crippen LogP contribution in [-0.4, -0.2) is 23.9 Å². The standard InChI is InChI=1S/C16H21ClN2O2/c1-9(2)7-13-16(21)19(11(4)15(20)18-13)14-8-12(17)6-5-10(14)3/h5-6,8-9,11,13H,7H2,1-4H3,(H,18,20). The lowest BCUT2D eigenvalue weighted by Gasteiger charge is -2.38. The summed E-state index contributed by atoms with van der Waals surface area (Å²) in [4.78, 5) is 26.5. The Morgan fingerprint density at radius 2 is 2.00 bits per heavy atom. The fourth-order valence-electron chi connectivity index (χ4n) is 2.63. The van der Waals surface area contributed by atoms with Crippen LogP contribution in [-0.2, 0) is 9.59 Å². The van der Waals surface area contributed by atoms with Crippen molar-refractivity contribution in [3.05, 3.63) is 28.8 Å². The van der Waals surface area contributed by atoms with Crippen molar-refractivity contribution < 1.29 is 9.59 Å². The van der Waals surface area contributed by atoms with Crippen LogP contribution in [0.1, 0.15) is 32.8 Å². The van der Waals surface area contributed by atoms with Crippen LogP contribution in [0.4, 0.5) is 5.69 Å². The van der Waals surface area contributed by atoms with Gasteiger partial charge >= 0.3 is 0 Å². The van der Waals surface area contributed by atoms with E-state index in [1.807, 2.05) is 26.8 Å². The van der Waals surface area contributed by atoms with Crippen LogP contribution in [0.3, 0.4) is 0 Å². The first-order valence-electron chi connectivity index (χ1n) is 7.21. The highest BCUT2D eigenvalue weighted by atomic mass is 35.5. The maximum Gasteiger partial charge on any atom is 0.250 e. The molecule has 2 rings (SSSR count). The summed E-state index contributed by atoms with van der Waals surface area (Å²) in [6.07, 6.45) is 0.632. The molecule has 4 nitrogen and oxygen atoms in total. The summed E-state index contributed by atoms with van der Waals surface area (Å²) in [5.74, 6) is 0.135. The molecule has 1 heterocycles. The topological polar surface area (TPSA) is 49.4 Å². The van der Waals surface area contributed by atoms with E-state index in [1.54, 1.807) is 24.0 Å². The van der Waals surface area contributed by atoms with Gasteiger partial charge in [-0.25, -0.2) is 0 Å². The third-order valence-electron chi connectivity index (χ3n) is 3.76. The Kier molecular flexibility index (Phi) is 4.57. The van der Waals surface area contributed by atoms with Crippen molar-refractivity contribution in [1.29, 1.82) is 0 Å². The molecule has 0 bridgehead atoms. The van der Waals surface area contributed by atoms with Crippen molar-refractivity contribution in [3.8, 4) is 0 Å². The number of hydrogen-bond acceptors (Lipinski definition) is 2. The summed E-state index contributed by atoms with van der Waals surface area (Å²) in [5.41, 5.74) is 1.64. The molecule has 1 aromatic carbocycles. The molecule has 0 saturated carbocycles. The van der Waals surface area contributed by atoms with Gasteiger partial charge in [0.25, 0.3) is 0 Å². The molecule has 5 heteroatoms. The second-order valence-corrected chi connectivity index (χ2v) is 6.44. The molecule has 1 saturated heterocycles. The van der Waals surface area contributed by atoms with Gasteiger partial charge in [0.05, 0.1) is 0 Å². The first kappa shape index (κ1) is 15.8. The van der Waals surface area contributed by atoms with E-state index in [0.29, 0.717) is 23.0 Å². The maximum atomic E-state index is 12.7. The van der Waals surface area contributed by atoms with Gasteiger partial charge in [0.15, 0.2) is 0 Å². The summed E-state index contributed by atoms with van der Waals surface area (Å²) in [6.45, 7) is 7.72. The van der Waals surface area contributed by atoms with Crippen LogP contribution in [0, 0.1) is 12.8 Å². The van der Waals surface area contributed by atoms with Gasteiger partial charge in [0, 0.05) is 10.7 Å². The molecule has 1 aliphatic heterocycles. The van der Waals surface area contributed by atoms with Crippen molar-refractivity contribution in [2.75, 3.05) is 4.90 Å². The number of nitrogens with zero attached hydrogens (tertiary/aromatic N) is 1. The van der Waals surface area contributed by atoms with E-state index in [0.717, 1.165) is 5.56 Å². The molecule has 2 amide bonds. The molecule has 0 aromatic heterocycles. The second kappa shape index (κ2) is 6.06. The quantitative estimate of drug-likeness (QED) is 0.933. The van der Waals surface area contributed by atoms with Crippen LogP contribution >= 0.6 is 11.6 Å². The molecule has 2 unspecified atom stereocenters. The molecule has 1 N–H and O–H groups in total. The molecule has 1 aliphatic rings. The first-order chi connectivity index (χ1) is 9.81. The number of piperazine rings is 1. The lowest BCUT2D eigenvalue weighted by atomic mass is 9.98. The number of aryl methyl sites for hydroxylation is 1. The predicted molar refractivity (Wildman–Crippen MR) is 84.5 cm³/mol. The number of amides is 2. The highest BCUT2D eigenvalue weighted by Gasteiger charge is 2.39. The summed E-state index contributed by atoms with van der Waals surface area (Å²) in [6, 6.07) is 4.40. The number of anilines is 1. The van der Waals surface area contributed by atoms with E-state index in [2.05, 4.69) is 5.32 Å². The van der Waals surface area contributed by atoms with E-state index in [1.165, 1.54) is 0 Å². The maximum absolute atomic E-state index is 12.7. The average Bonchev–Trinajstić information content (AvgIpc) is 2.39. The Bertz CT molecular complexity index is 571. The summed E-state index contributed by atoms with van der Waals surface area (Å²) < 4.78 is 0. The highest BCUT2D eigenvalue weighted by Crippen LogP contribution is 2.29. The van der Waals surface area contributed by atoms with Gasteiger partial charge in [0.2, 0.25) is 11.8 Å². The molecule has 2 atom stereocenters. The van der Waals surface area contributed by atoms with Gasteiger partial charge in [-0.15, -0.1) is 0 Å². The predicted octanol–water partition coefficient (Wildman–Crippen LogP) is 2.91. The number of benzene rings is 1. The lowest BCUT2D eigenvalue weighted by Crippen LogP contribution is -2.63. The molecular weight excluding hydrogens is 288 g/mol. The van der Waals surface area contributed by atoms with Gasteiger partial charge < -0.3 is 5.32 Å². The van der Waals surface area contributed by atoms with E-state index >= 15 is 0 Å². The van der Waals surface area contributed by atoms with Crippen LogP contribution in [0.15, 0.2) is 18.2 Å². The number of carbonyl (C=O) groups is 2. The van der Waals surface area contributed by atoms with Gasteiger partial charge in [-0.05, 0) is 43.9 Å². The number of nitrogens with one attached hydrogen (secondary N) is 1. The van der Waals surface area contributed by atoms with Crippen LogP contribution in [0.2, 0.25) is 5.02 Å². The Labute approximate surface area is 130 Å². The minimum Gasteiger partial charge on any atom is -0.342 e. The largest absolute Gasteiger partial charge is 0.342 e. The van der Waals surface area contributed by atoms with Gasteiger partial charge in [0.1, 0.15) is 12.1 Å². The molecule has 0 aliphatic carbocycles. The minimum atomic E-state index is -0.530. The molecular formula is C16H21ClN2O2. The van der Waals surface area contributed by atoms with Gasteiger partial charge in [-0.2, -0.15) is 0 Å². The SMILES string of the molecule is Cc1ccc(Cl)cc1N1C(=O)C(CC(C)C)NC(=O)C1C. The highest BCUT2D eigenvalue weighted by molar-refractivity contribution is 6.31. The number of rotatable bonds is 3. The zero-order chi connectivity index (χ0) is 15.7. The summed E-state index contributed by atoms with van der Waals surface area (Å²) in [5, 5.41) is 3.38. The molecule has 0 spiro atoms. The van der Waals surface area contributed by atoms with E-state index in [4.69, 9.17) is 11.6 Å². The Morgan fingerprint density at radius 3 is 2.62 bits per heavy atom. The Morgan fingerprint density at radius 1 is 1.33 bits per heavy atom. The van der Waals surface area contributed by atoms with Crippen LogP contribution < -0.4 is 10.2 Å². The summed E-state index contributed by atoms with van der Waals surface area (Å²) in [7, 11) is 0. The fraction of sp³-hybridized carbons (Fsp3) is 0.500. The molecule has 114 valence electrons. The lowest BCUT2D eigenvalue weighted by molar-refractivity contribution is -0.133. The van der Waals surface area contributed by atoms with Crippen molar-refractivity contribution >= 4 is 29.1 Å². The normalized spacial score (nSPS) is 22.7. The average molecular weight is 309 g/mol. The summed E-state index contributed by atoms with van der Waals surface area (Å²) >= 11 is 6.05. The van der Waals surface area contributed by atoms with E-state index < -0.39 is 12.1 Å². The number of hydrogen-bond donors (Lipinski definition) is 1. The zero-order valence-corrected chi connectivity index (χ0v) is 13.6. The van der Waals surface area contributed by atoms with Crippen LogP contribution in [0.25, 0.3) is 0 Å². The molecule has 1 fully saturated rings. The third kappa shape index (κ3) is 3.21. The molecule has 1 aromatic rings. The van der Waals surface area contributed by atoms with Crippen molar-refractivity contribution in [2.45, 2.75) is 46.2 Å². The smallest absolute Gasteiger partial charge is 0.250 e. The van der Waals surface area contributed by atoms with Crippen molar-refractivity contribution in [3.63, 3.8) is 0 Å². The second-order valence-electron chi connectivity index (χ2n) is 6.01. The van der Waals surface area contributed by atoms with E-state index in [-0.39, 0.29) is 11.8 Å². The van der Waals surface area contributed by atoms with Gasteiger partial charge in [-0.1, -0.05) is 31.5 Å². The van der Waals surface area contributed by atoms with Crippen molar-refractivity contribution in [2.24, 2.45) is 5.92 Å². The first-order valence-corrected chi connectivity index (χ1v) is 7.58. The van der Waals surface area contributed by atoms with Crippen LogP contribution in [0.5, 0.6) is 0 Å². The zero-order valence-electron chi connectivity index (χ0n) is 12.8. The molecule has 0 radical (unpaired) electrons. The number of carbonyl (C=O) groups excluding carboxylic acids is 2. The Hall–Kier alpha value is -1.55.